The molecule has 0 unspecified atom stereocenters. The molecule has 0 atom stereocenters. The van der Waals surface area contributed by atoms with Crippen LogP contribution in [0.5, 0.6) is 11.5 Å². The van der Waals surface area contributed by atoms with Crippen LogP contribution in [0.15, 0.2) is 54.6 Å². The van der Waals surface area contributed by atoms with E-state index >= 15 is 0 Å². The van der Waals surface area contributed by atoms with Gasteiger partial charge < -0.3 is 4.74 Å². The number of hydrogen-bond donors (Lipinski definition) is 2. The SMILES string of the molecule is O=[SH](=O)Nc1cccc(Oc2ccccc2)c1.[Na]. The predicted octanol–water partition coefficient (Wildman–Crippen LogP) is 2.04. The van der Waals surface area contributed by atoms with Gasteiger partial charge in [0, 0.05) is 35.6 Å². The van der Waals surface area contributed by atoms with Crippen molar-refractivity contribution in [1.29, 1.82) is 0 Å². The fourth-order valence-electron chi connectivity index (χ4n) is 1.36. The summed E-state index contributed by atoms with van der Waals surface area (Å²) >= 11 is 0. The van der Waals surface area contributed by atoms with Gasteiger partial charge in [0.05, 0.1) is 5.69 Å². The van der Waals surface area contributed by atoms with E-state index in [0.29, 0.717) is 17.2 Å². The molecule has 0 amide bonds. The van der Waals surface area contributed by atoms with Crippen molar-refractivity contribution in [1.82, 2.24) is 0 Å². The Labute approximate surface area is 129 Å². The Morgan fingerprint density at radius 3 is 2.22 bits per heavy atom. The van der Waals surface area contributed by atoms with Crippen LogP contribution < -0.4 is 9.46 Å². The van der Waals surface area contributed by atoms with Gasteiger partial charge in [0.15, 0.2) is 0 Å². The monoisotopic (exact) mass is 272 g/mol. The maximum absolute atomic E-state index is 10.5. The molecule has 1 N–H and O–H groups in total. The third kappa shape index (κ3) is 4.70. The van der Waals surface area contributed by atoms with E-state index in [-0.39, 0.29) is 29.6 Å². The van der Waals surface area contributed by atoms with E-state index in [2.05, 4.69) is 4.72 Å². The third-order valence-corrected chi connectivity index (χ3v) is 2.47. The average molecular weight is 272 g/mol. The molecular formula is C12H11NNaO3S. The number of rotatable bonds is 4. The zero-order valence-corrected chi connectivity index (χ0v) is 12.8. The van der Waals surface area contributed by atoms with Gasteiger partial charge in [0.25, 0.3) is 0 Å². The largest absolute Gasteiger partial charge is 0.457 e. The Kier molecular flexibility index (Phi) is 6.21. The van der Waals surface area contributed by atoms with E-state index in [0.717, 1.165) is 0 Å². The van der Waals surface area contributed by atoms with Crippen molar-refractivity contribution in [3.05, 3.63) is 54.6 Å². The number of anilines is 1. The van der Waals surface area contributed by atoms with Crippen LogP contribution in [0.25, 0.3) is 0 Å². The Hall–Kier alpha value is -1.01. The molecule has 0 bridgehead atoms. The molecule has 4 nitrogen and oxygen atoms in total. The van der Waals surface area contributed by atoms with Crippen LogP contribution in [0.3, 0.4) is 0 Å². The second-order valence-electron chi connectivity index (χ2n) is 3.31. The van der Waals surface area contributed by atoms with Crippen molar-refractivity contribution in [3.8, 4) is 11.5 Å². The maximum Gasteiger partial charge on any atom is 0.222 e. The third-order valence-electron chi connectivity index (χ3n) is 2.03. The predicted molar refractivity (Wildman–Crippen MR) is 72.6 cm³/mol. The fraction of sp³-hybridized carbons (Fsp3) is 0. The smallest absolute Gasteiger partial charge is 0.222 e. The molecule has 0 aliphatic carbocycles. The molecular weight excluding hydrogens is 261 g/mol. The first-order valence-corrected chi connectivity index (χ1v) is 6.16. The zero-order valence-electron chi connectivity index (χ0n) is 9.87. The van der Waals surface area contributed by atoms with Gasteiger partial charge >= 0.3 is 0 Å². The zero-order chi connectivity index (χ0) is 12.1. The van der Waals surface area contributed by atoms with Gasteiger partial charge in [-0.1, -0.05) is 24.3 Å². The summed E-state index contributed by atoms with van der Waals surface area (Å²) in [5, 5.41) is 0. The summed E-state index contributed by atoms with van der Waals surface area (Å²) in [4.78, 5) is 0. The van der Waals surface area contributed by atoms with Crippen LogP contribution in [-0.4, -0.2) is 38.0 Å². The molecule has 0 fully saturated rings. The van der Waals surface area contributed by atoms with Gasteiger partial charge in [-0.25, -0.2) is 8.42 Å². The topological polar surface area (TPSA) is 55.4 Å². The van der Waals surface area contributed by atoms with Gasteiger partial charge in [-0.05, 0) is 24.3 Å². The van der Waals surface area contributed by atoms with Gasteiger partial charge in [0.1, 0.15) is 11.5 Å². The van der Waals surface area contributed by atoms with E-state index in [1.807, 2.05) is 30.3 Å². The molecule has 0 aliphatic heterocycles. The molecule has 1 radical (unpaired) electrons. The summed E-state index contributed by atoms with van der Waals surface area (Å²) in [6, 6.07) is 16.0. The Bertz CT molecular complexity index is 565. The minimum absolute atomic E-state index is 0. The average Bonchev–Trinajstić information content (AvgIpc) is 2.30. The molecule has 2 aromatic carbocycles. The molecule has 0 heterocycles. The van der Waals surface area contributed by atoms with Crippen LogP contribution in [0, 0.1) is 0 Å². The van der Waals surface area contributed by atoms with Gasteiger partial charge in [0.2, 0.25) is 10.9 Å². The molecule has 0 saturated heterocycles. The minimum Gasteiger partial charge on any atom is -0.457 e. The molecule has 0 saturated carbocycles. The molecule has 0 aliphatic rings. The summed E-state index contributed by atoms with van der Waals surface area (Å²) in [6.07, 6.45) is 0. The van der Waals surface area contributed by atoms with Crippen molar-refractivity contribution in [2.75, 3.05) is 4.72 Å². The van der Waals surface area contributed by atoms with Crippen molar-refractivity contribution in [3.63, 3.8) is 0 Å². The quantitative estimate of drug-likeness (QED) is 0.661. The fourth-order valence-corrected chi connectivity index (χ4v) is 1.71. The van der Waals surface area contributed by atoms with E-state index in [9.17, 15) is 8.42 Å². The Balaban J connectivity index is 0.00000162. The van der Waals surface area contributed by atoms with E-state index < -0.39 is 10.9 Å². The number of nitrogens with one attached hydrogen (secondary N) is 1. The van der Waals surface area contributed by atoms with Gasteiger partial charge in [-0.3, -0.25) is 4.72 Å². The van der Waals surface area contributed by atoms with E-state index in [1.165, 1.54) is 0 Å². The van der Waals surface area contributed by atoms with Gasteiger partial charge in [-0.2, -0.15) is 0 Å². The van der Waals surface area contributed by atoms with Crippen LogP contribution in [-0.2, 0) is 10.9 Å². The number of thiol groups is 1. The number of para-hydroxylation sites is 1. The number of benzene rings is 2. The summed E-state index contributed by atoms with van der Waals surface area (Å²) in [6.45, 7) is 0. The molecule has 6 heteroatoms. The molecule has 0 aromatic heterocycles. The second-order valence-corrected chi connectivity index (χ2v) is 4.05. The van der Waals surface area contributed by atoms with Crippen molar-refractivity contribution < 1.29 is 13.2 Å². The maximum atomic E-state index is 10.5. The summed E-state index contributed by atoms with van der Waals surface area (Å²) < 4.78 is 28.9. The standard InChI is InChI=1S/C12H11NO3S.Na/c14-17(15)13-10-5-4-8-12(9-10)16-11-6-2-1-3-7-11;/h1-9,17H,(H,13,14,15);. The molecule has 18 heavy (non-hydrogen) atoms. The van der Waals surface area contributed by atoms with Gasteiger partial charge in [-0.15, -0.1) is 0 Å². The summed E-state index contributed by atoms with van der Waals surface area (Å²) in [5.74, 6) is 1.29. The number of hydrogen-bond acceptors (Lipinski definition) is 3. The van der Waals surface area contributed by atoms with Crippen LogP contribution in [0.2, 0.25) is 0 Å². The van der Waals surface area contributed by atoms with E-state index in [1.54, 1.807) is 24.3 Å². The van der Waals surface area contributed by atoms with Crippen molar-refractivity contribution in [2.45, 2.75) is 0 Å². The van der Waals surface area contributed by atoms with Crippen LogP contribution in [0.4, 0.5) is 5.69 Å². The van der Waals surface area contributed by atoms with E-state index in [4.69, 9.17) is 4.74 Å². The summed E-state index contributed by atoms with van der Waals surface area (Å²) in [7, 11) is -2.65. The second kappa shape index (κ2) is 7.43. The Morgan fingerprint density at radius 2 is 1.56 bits per heavy atom. The first-order chi connectivity index (χ1) is 8.24. The number of ether oxygens (including phenoxy) is 1. The first kappa shape index (κ1) is 15.0. The molecule has 2 aromatic rings. The summed E-state index contributed by atoms with van der Waals surface area (Å²) in [5.41, 5.74) is 0.481. The molecule has 89 valence electrons. The van der Waals surface area contributed by atoms with Crippen LogP contribution in [0.1, 0.15) is 0 Å². The van der Waals surface area contributed by atoms with Crippen molar-refractivity contribution in [2.24, 2.45) is 0 Å². The Morgan fingerprint density at radius 1 is 0.889 bits per heavy atom. The molecule has 0 spiro atoms. The molecule has 2 rings (SSSR count). The normalized spacial score (nSPS) is 9.61. The minimum atomic E-state index is -2.65. The first-order valence-electron chi connectivity index (χ1n) is 4.98. The van der Waals surface area contributed by atoms with Crippen LogP contribution >= 0.6 is 0 Å². The van der Waals surface area contributed by atoms with Crippen molar-refractivity contribution >= 4 is 46.1 Å².